The van der Waals surface area contributed by atoms with E-state index in [4.69, 9.17) is 4.74 Å². The van der Waals surface area contributed by atoms with Gasteiger partial charge in [0.25, 0.3) is 0 Å². The van der Waals surface area contributed by atoms with E-state index in [1.54, 1.807) is 0 Å². The van der Waals surface area contributed by atoms with Crippen LogP contribution in [0.1, 0.15) is 32.1 Å². The molecule has 4 nitrogen and oxygen atoms in total. The molecule has 0 aromatic carbocycles. The number of hydrogen-bond donors (Lipinski definition) is 1. The van der Waals surface area contributed by atoms with Gasteiger partial charge in [-0.05, 0) is 51.1 Å². The number of hydrogen-bond acceptors (Lipinski definition) is 3. The first kappa shape index (κ1) is 13.8. The number of carbonyl (C=O) groups is 1. The molecule has 1 amide bonds. The van der Waals surface area contributed by atoms with Crippen LogP contribution in [0.3, 0.4) is 0 Å². The topological polar surface area (TPSA) is 41.6 Å². The summed E-state index contributed by atoms with van der Waals surface area (Å²) in [7, 11) is 1.96. The van der Waals surface area contributed by atoms with Crippen LogP contribution in [0.2, 0.25) is 0 Å². The van der Waals surface area contributed by atoms with E-state index in [1.807, 2.05) is 11.9 Å². The summed E-state index contributed by atoms with van der Waals surface area (Å²) in [4.78, 5) is 14.2. The molecule has 0 aliphatic carbocycles. The lowest BCUT2D eigenvalue weighted by molar-refractivity contribution is -0.137. The van der Waals surface area contributed by atoms with Crippen molar-refractivity contribution in [3.05, 3.63) is 0 Å². The fourth-order valence-corrected chi connectivity index (χ4v) is 2.91. The highest BCUT2D eigenvalue weighted by molar-refractivity contribution is 5.78. The van der Waals surface area contributed by atoms with E-state index in [0.717, 1.165) is 58.0 Å². The second-order valence-electron chi connectivity index (χ2n) is 5.63. The molecule has 0 saturated carbocycles. The van der Waals surface area contributed by atoms with Crippen LogP contribution in [0.15, 0.2) is 0 Å². The molecule has 2 fully saturated rings. The molecule has 2 heterocycles. The Balaban J connectivity index is 1.69. The highest BCUT2D eigenvalue weighted by Crippen LogP contribution is 2.19. The summed E-state index contributed by atoms with van der Waals surface area (Å²) >= 11 is 0. The van der Waals surface area contributed by atoms with Crippen molar-refractivity contribution in [2.24, 2.45) is 11.8 Å². The largest absolute Gasteiger partial charge is 0.381 e. The maximum atomic E-state index is 12.2. The van der Waals surface area contributed by atoms with Crippen molar-refractivity contribution in [1.82, 2.24) is 10.2 Å². The molecule has 2 saturated heterocycles. The summed E-state index contributed by atoms with van der Waals surface area (Å²) < 4.78 is 5.31. The van der Waals surface area contributed by atoms with Crippen molar-refractivity contribution in [2.75, 3.05) is 39.9 Å². The number of rotatable bonds is 4. The first-order chi connectivity index (χ1) is 8.77. The van der Waals surface area contributed by atoms with Gasteiger partial charge in [-0.15, -0.1) is 0 Å². The first-order valence-electron chi connectivity index (χ1n) is 7.31. The van der Waals surface area contributed by atoms with Gasteiger partial charge in [0.1, 0.15) is 0 Å². The Labute approximate surface area is 110 Å². The van der Waals surface area contributed by atoms with Crippen LogP contribution in [0.25, 0.3) is 0 Å². The van der Waals surface area contributed by atoms with Crippen LogP contribution in [0.5, 0.6) is 0 Å². The van der Waals surface area contributed by atoms with Gasteiger partial charge in [-0.1, -0.05) is 0 Å². The fourth-order valence-electron chi connectivity index (χ4n) is 2.91. The second-order valence-corrected chi connectivity index (χ2v) is 5.63. The van der Waals surface area contributed by atoms with Crippen molar-refractivity contribution in [3.63, 3.8) is 0 Å². The zero-order valence-corrected chi connectivity index (χ0v) is 11.5. The van der Waals surface area contributed by atoms with E-state index < -0.39 is 0 Å². The third kappa shape index (κ3) is 3.95. The number of ether oxygens (including phenoxy) is 1. The van der Waals surface area contributed by atoms with Crippen LogP contribution in [-0.4, -0.2) is 50.7 Å². The molecule has 18 heavy (non-hydrogen) atoms. The van der Waals surface area contributed by atoms with Crippen LogP contribution in [0.4, 0.5) is 0 Å². The van der Waals surface area contributed by atoms with Gasteiger partial charge in [-0.2, -0.15) is 0 Å². The van der Waals surface area contributed by atoms with Crippen LogP contribution < -0.4 is 5.32 Å². The predicted molar refractivity (Wildman–Crippen MR) is 71.4 cm³/mol. The molecule has 2 aliphatic rings. The Kier molecular flexibility index (Phi) is 5.45. The standard InChI is InChI=1S/C14H26N2O2/c1-16(9-4-12-2-7-15-8-3-12)14(17)13-5-10-18-11-6-13/h12-13,15H,2-11H2,1H3. The summed E-state index contributed by atoms with van der Waals surface area (Å²) in [6.45, 7) is 4.70. The van der Waals surface area contributed by atoms with Crippen LogP contribution in [0, 0.1) is 11.8 Å². The lowest BCUT2D eigenvalue weighted by Gasteiger charge is -2.29. The zero-order valence-electron chi connectivity index (χ0n) is 11.5. The van der Waals surface area contributed by atoms with Gasteiger partial charge >= 0.3 is 0 Å². The zero-order chi connectivity index (χ0) is 12.8. The van der Waals surface area contributed by atoms with Crippen molar-refractivity contribution in [1.29, 1.82) is 0 Å². The number of carbonyl (C=O) groups excluding carboxylic acids is 1. The van der Waals surface area contributed by atoms with Crippen molar-refractivity contribution < 1.29 is 9.53 Å². The molecule has 2 aliphatic heterocycles. The van der Waals surface area contributed by atoms with E-state index in [1.165, 1.54) is 12.8 Å². The molecule has 0 aromatic rings. The van der Waals surface area contributed by atoms with E-state index in [0.29, 0.717) is 5.91 Å². The third-order valence-corrected chi connectivity index (χ3v) is 4.28. The minimum absolute atomic E-state index is 0.205. The van der Waals surface area contributed by atoms with Crippen LogP contribution >= 0.6 is 0 Å². The summed E-state index contributed by atoms with van der Waals surface area (Å²) in [5.41, 5.74) is 0. The summed E-state index contributed by atoms with van der Waals surface area (Å²) in [5, 5.41) is 3.38. The molecular formula is C14H26N2O2. The third-order valence-electron chi connectivity index (χ3n) is 4.28. The number of nitrogens with zero attached hydrogens (tertiary/aromatic N) is 1. The van der Waals surface area contributed by atoms with Gasteiger partial charge in [0.05, 0.1) is 0 Å². The molecule has 0 atom stereocenters. The van der Waals surface area contributed by atoms with E-state index in [-0.39, 0.29) is 5.92 Å². The first-order valence-corrected chi connectivity index (χ1v) is 7.31. The molecule has 0 aromatic heterocycles. The monoisotopic (exact) mass is 254 g/mol. The predicted octanol–water partition coefficient (Wildman–Crippen LogP) is 1.26. The second kappa shape index (κ2) is 7.10. The Bertz CT molecular complexity index is 259. The molecule has 4 heteroatoms. The Morgan fingerprint density at radius 3 is 2.56 bits per heavy atom. The van der Waals surface area contributed by atoms with Gasteiger partial charge in [-0.25, -0.2) is 0 Å². The minimum atomic E-state index is 0.205. The Morgan fingerprint density at radius 2 is 1.89 bits per heavy atom. The molecule has 0 radical (unpaired) electrons. The van der Waals surface area contributed by atoms with Crippen molar-refractivity contribution in [3.8, 4) is 0 Å². The fraction of sp³-hybridized carbons (Fsp3) is 0.929. The van der Waals surface area contributed by atoms with Crippen molar-refractivity contribution >= 4 is 5.91 Å². The van der Waals surface area contributed by atoms with E-state index in [9.17, 15) is 4.79 Å². The summed E-state index contributed by atoms with van der Waals surface area (Å²) in [5.74, 6) is 1.33. The van der Waals surface area contributed by atoms with Crippen LogP contribution in [-0.2, 0) is 9.53 Å². The average molecular weight is 254 g/mol. The molecule has 0 unspecified atom stereocenters. The smallest absolute Gasteiger partial charge is 0.225 e. The van der Waals surface area contributed by atoms with E-state index in [2.05, 4.69) is 5.32 Å². The lowest BCUT2D eigenvalue weighted by Crippen LogP contribution is -2.37. The Morgan fingerprint density at radius 1 is 1.22 bits per heavy atom. The molecular weight excluding hydrogens is 228 g/mol. The van der Waals surface area contributed by atoms with Gasteiger partial charge in [-0.3, -0.25) is 4.79 Å². The molecule has 1 N–H and O–H groups in total. The molecule has 0 spiro atoms. The normalized spacial score (nSPS) is 22.9. The number of piperidine rings is 1. The molecule has 104 valence electrons. The highest BCUT2D eigenvalue weighted by atomic mass is 16.5. The SMILES string of the molecule is CN(CCC1CCNCC1)C(=O)C1CCOCC1. The van der Waals surface area contributed by atoms with Gasteiger partial charge in [0.15, 0.2) is 0 Å². The maximum absolute atomic E-state index is 12.2. The van der Waals surface area contributed by atoms with Gasteiger partial charge in [0.2, 0.25) is 5.91 Å². The average Bonchev–Trinajstić information content (AvgIpc) is 2.46. The number of amides is 1. The summed E-state index contributed by atoms with van der Waals surface area (Å²) in [6, 6.07) is 0. The lowest BCUT2D eigenvalue weighted by atomic mass is 9.94. The summed E-state index contributed by atoms with van der Waals surface area (Å²) in [6.07, 6.45) is 5.48. The molecule has 2 rings (SSSR count). The quantitative estimate of drug-likeness (QED) is 0.821. The van der Waals surface area contributed by atoms with Crippen molar-refractivity contribution in [2.45, 2.75) is 32.1 Å². The van der Waals surface area contributed by atoms with E-state index >= 15 is 0 Å². The molecule has 0 bridgehead atoms. The number of nitrogens with one attached hydrogen (secondary N) is 1. The van der Waals surface area contributed by atoms with Gasteiger partial charge in [0, 0.05) is 32.7 Å². The maximum Gasteiger partial charge on any atom is 0.225 e. The Hall–Kier alpha value is -0.610. The minimum Gasteiger partial charge on any atom is -0.381 e. The highest BCUT2D eigenvalue weighted by Gasteiger charge is 2.24. The van der Waals surface area contributed by atoms with Gasteiger partial charge < -0.3 is 15.0 Å².